The summed E-state index contributed by atoms with van der Waals surface area (Å²) in [5.74, 6) is -1.41. The molecular formula is C9H11F2NO2S2. The predicted molar refractivity (Wildman–Crippen MR) is 61.2 cm³/mol. The van der Waals surface area contributed by atoms with Gasteiger partial charge in [0.1, 0.15) is 21.5 Å². The Morgan fingerprint density at radius 1 is 1.38 bits per heavy atom. The second-order valence-corrected chi connectivity index (χ2v) is 6.67. The van der Waals surface area contributed by atoms with Gasteiger partial charge < -0.3 is 5.73 Å². The van der Waals surface area contributed by atoms with Crippen molar-refractivity contribution in [3.05, 3.63) is 23.8 Å². The molecule has 0 spiro atoms. The quantitative estimate of drug-likeness (QED) is 0.666. The number of thioether (sulfide) groups is 1. The fourth-order valence-corrected chi connectivity index (χ4v) is 3.20. The molecule has 0 fully saturated rings. The molecule has 7 heteroatoms. The maximum absolute atomic E-state index is 13.0. The fourth-order valence-electron chi connectivity index (χ4n) is 0.984. The average molecular weight is 267 g/mol. The van der Waals surface area contributed by atoms with Crippen LogP contribution in [0.2, 0.25) is 0 Å². The summed E-state index contributed by atoms with van der Waals surface area (Å²) in [7, 11) is -3.08. The highest BCUT2D eigenvalue weighted by molar-refractivity contribution is 8.00. The molecule has 0 amide bonds. The molecule has 0 aliphatic carbocycles. The lowest BCUT2D eigenvalue weighted by molar-refractivity contribution is 0.581. The van der Waals surface area contributed by atoms with Crippen LogP contribution in [-0.2, 0) is 9.84 Å². The first kappa shape index (κ1) is 13.2. The van der Waals surface area contributed by atoms with Gasteiger partial charge in [0, 0.05) is 23.0 Å². The molecule has 0 heterocycles. The predicted octanol–water partition coefficient (Wildman–Crippen LogP) is 1.68. The van der Waals surface area contributed by atoms with Crippen LogP contribution in [0.1, 0.15) is 0 Å². The van der Waals surface area contributed by atoms with Crippen LogP contribution < -0.4 is 5.73 Å². The van der Waals surface area contributed by atoms with Crippen LogP contribution in [0.15, 0.2) is 17.0 Å². The number of hydrogen-bond donors (Lipinski definition) is 1. The Morgan fingerprint density at radius 3 is 2.56 bits per heavy atom. The van der Waals surface area contributed by atoms with Crippen LogP contribution in [0.25, 0.3) is 0 Å². The van der Waals surface area contributed by atoms with E-state index in [0.29, 0.717) is 6.07 Å². The third-order valence-corrected chi connectivity index (χ3v) is 4.03. The number of hydrogen-bond acceptors (Lipinski definition) is 4. The molecule has 0 atom stereocenters. The van der Waals surface area contributed by atoms with Crippen molar-refractivity contribution in [3.8, 4) is 0 Å². The van der Waals surface area contributed by atoms with Crippen LogP contribution in [-0.4, -0.2) is 26.2 Å². The zero-order valence-electron chi connectivity index (χ0n) is 8.54. The van der Waals surface area contributed by atoms with Crippen LogP contribution in [0.5, 0.6) is 0 Å². The third-order valence-electron chi connectivity index (χ3n) is 1.77. The molecule has 3 nitrogen and oxygen atoms in total. The number of rotatable bonds is 4. The smallest absolute Gasteiger partial charge is 0.150 e. The third kappa shape index (κ3) is 3.97. The second kappa shape index (κ2) is 5.01. The first-order valence-corrected chi connectivity index (χ1v) is 7.39. The van der Waals surface area contributed by atoms with Crippen LogP contribution in [0, 0.1) is 11.6 Å². The molecule has 0 saturated carbocycles. The van der Waals surface area contributed by atoms with Gasteiger partial charge >= 0.3 is 0 Å². The minimum Gasteiger partial charge on any atom is -0.395 e. The number of nitrogen functional groups attached to an aromatic ring is 1. The lowest BCUT2D eigenvalue weighted by atomic mass is 10.3. The van der Waals surface area contributed by atoms with Crippen molar-refractivity contribution < 1.29 is 17.2 Å². The number of nitrogens with two attached hydrogens (primary N) is 1. The van der Waals surface area contributed by atoms with E-state index in [4.69, 9.17) is 5.73 Å². The lowest BCUT2D eigenvalue weighted by Gasteiger charge is -2.06. The van der Waals surface area contributed by atoms with E-state index in [1.54, 1.807) is 0 Å². The Hall–Kier alpha value is -0.820. The normalized spacial score (nSPS) is 11.7. The van der Waals surface area contributed by atoms with E-state index in [0.717, 1.165) is 24.1 Å². The Morgan fingerprint density at radius 2 is 2.00 bits per heavy atom. The number of anilines is 1. The fraction of sp³-hybridized carbons (Fsp3) is 0.333. The lowest BCUT2D eigenvalue weighted by Crippen LogP contribution is -2.05. The minimum absolute atomic E-state index is 0.0603. The molecule has 1 aromatic rings. The highest BCUT2D eigenvalue weighted by Crippen LogP contribution is 2.28. The van der Waals surface area contributed by atoms with E-state index >= 15 is 0 Å². The standard InChI is InChI=1S/C9H11F2NO2S2/c1-16(13,14)3-2-15-8-5-6(10)4-7(11)9(8)12/h4-5H,2-3,12H2,1H3. The van der Waals surface area contributed by atoms with Crippen molar-refractivity contribution in [2.75, 3.05) is 23.5 Å². The van der Waals surface area contributed by atoms with Crippen molar-refractivity contribution in [3.63, 3.8) is 0 Å². The molecule has 0 unspecified atom stereocenters. The van der Waals surface area contributed by atoms with Gasteiger partial charge in [0.05, 0.1) is 11.4 Å². The van der Waals surface area contributed by atoms with Gasteiger partial charge in [-0.2, -0.15) is 0 Å². The average Bonchev–Trinajstić information content (AvgIpc) is 2.11. The van der Waals surface area contributed by atoms with Crippen molar-refractivity contribution >= 4 is 27.3 Å². The number of halogens is 2. The molecular weight excluding hydrogens is 256 g/mol. The molecule has 1 rings (SSSR count). The summed E-state index contributed by atoms with van der Waals surface area (Å²) in [6.07, 6.45) is 1.10. The zero-order valence-corrected chi connectivity index (χ0v) is 10.2. The maximum atomic E-state index is 13.0. The van der Waals surface area contributed by atoms with Crippen LogP contribution in [0.3, 0.4) is 0 Å². The van der Waals surface area contributed by atoms with E-state index in [1.807, 2.05) is 0 Å². The highest BCUT2D eigenvalue weighted by atomic mass is 32.2. The molecule has 0 aliphatic heterocycles. The van der Waals surface area contributed by atoms with Gasteiger partial charge in [0.15, 0.2) is 0 Å². The molecule has 0 aliphatic rings. The Balaban J connectivity index is 2.75. The van der Waals surface area contributed by atoms with Gasteiger partial charge in [-0.05, 0) is 6.07 Å². The van der Waals surface area contributed by atoms with E-state index in [-0.39, 0.29) is 22.1 Å². The van der Waals surface area contributed by atoms with Gasteiger partial charge in [-0.15, -0.1) is 11.8 Å². The summed E-state index contributed by atoms with van der Waals surface area (Å²) >= 11 is 1.02. The van der Waals surface area contributed by atoms with Crippen molar-refractivity contribution in [2.45, 2.75) is 4.90 Å². The van der Waals surface area contributed by atoms with E-state index in [1.165, 1.54) is 0 Å². The molecule has 0 saturated heterocycles. The zero-order chi connectivity index (χ0) is 12.3. The monoisotopic (exact) mass is 267 g/mol. The van der Waals surface area contributed by atoms with Gasteiger partial charge in [-0.25, -0.2) is 17.2 Å². The SMILES string of the molecule is CS(=O)(=O)CCSc1cc(F)cc(F)c1N. The molecule has 2 N–H and O–H groups in total. The van der Waals surface area contributed by atoms with Gasteiger partial charge in [-0.3, -0.25) is 0 Å². The largest absolute Gasteiger partial charge is 0.395 e. The van der Waals surface area contributed by atoms with Crippen LogP contribution in [0.4, 0.5) is 14.5 Å². The summed E-state index contributed by atoms with van der Waals surface area (Å²) < 4.78 is 47.5. The summed E-state index contributed by atoms with van der Waals surface area (Å²) in [5, 5.41) is 0. The Kier molecular flexibility index (Phi) is 4.15. The molecule has 0 radical (unpaired) electrons. The van der Waals surface area contributed by atoms with E-state index < -0.39 is 21.5 Å². The summed E-state index contributed by atoms with van der Waals surface area (Å²) in [5.41, 5.74) is 5.24. The van der Waals surface area contributed by atoms with Crippen molar-refractivity contribution in [2.24, 2.45) is 0 Å². The molecule has 1 aromatic carbocycles. The van der Waals surface area contributed by atoms with Gasteiger partial charge in [0.2, 0.25) is 0 Å². The molecule has 0 aromatic heterocycles. The van der Waals surface area contributed by atoms with Crippen molar-refractivity contribution in [1.29, 1.82) is 0 Å². The van der Waals surface area contributed by atoms with Crippen molar-refractivity contribution in [1.82, 2.24) is 0 Å². The van der Waals surface area contributed by atoms with Gasteiger partial charge in [0.25, 0.3) is 0 Å². The molecule has 90 valence electrons. The summed E-state index contributed by atoms with van der Waals surface area (Å²) in [6.45, 7) is 0. The first-order chi connectivity index (χ1) is 7.29. The second-order valence-electron chi connectivity index (χ2n) is 3.28. The topological polar surface area (TPSA) is 60.2 Å². The van der Waals surface area contributed by atoms with E-state index in [9.17, 15) is 17.2 Å². The first-order valence-electron chi connectivity index (χ1n) is 4.34. The molecule has 0 bridgehead atoms. The Bertz CT molecular complexity index is 489. The van der Waals surface area contributed by atoms with Gasteiger partial charge in [-0.1, -0.05) is 0 Å². The Labute approximate surface area is 96.9 Å². The molecule has 16 heavy (non-hydrogen) atoms. The highest BCUT2D eigenvalue weighted by Gasteiger charge is 2.10. The summed E-state index contributed by atoms with van der Waals surface area (Å²) in [6, 6.07) is 1.78. The minimum atomic E-state index is -3.08. The van der Waals surface area contributed by atoms with Crippen LogP contribution >= 0.6 is 11.8 Å². The number of sulfone groups is 1. The van der Waals surface area contributed by atoms with E-state index in [2.05, 4.69) is 0 Å². The summed E-state index contributed by atoms with van der Waals surface area (Å²) in [4.78, 5) is 0.223. The maximum Gasteiger partial charge on any atom is 0.150 e. The number of benzene rings is 1.